The average Bonchev–Trinajstić information content (AvgIpc) is 2.86. The quantitative estimate of drug-likeness (QED) is 0.656. The molecule has 1 aromatic heterocycles. The van der Waals surface area contributed by atoms with Crippen molar-refractivity contribution in [2.24, 2.45) is 5.92 Å². The number of hydrogen-bond acceptors (Lipinski definition) is 2. The van der Waals surface area contributed by atoms with Gasteiger partial charge in [0, 0.05) is 0 Å². The normalized spacial score (nSPS) is 14.1. The van der Waals surface area contributed by atoms with Gasteiger partial charge >= 0.3 is 0 Å². The van der Waals surface area contributed by atoms with Gasteiger partial charge in [-0.3, -0.25) is 4.79 Å². The van der Waals surface area contributed by atoms with Crippen molar-refractivity contribution in [1.29, 1.82) is 0 Å². The lowest BCUT2D eigenvalue weighted by Gasteiger charge is -2.21. The summed E-state index contributed by atoms with van der Waals surface area (Å²) < 4.78 is 1.01. The van der Waals surface area contributed by atoms with Crippen LogP contribution >= 0.6 is 27.3 Å². The highest BCUT2D eigenvalue weighted by Crippen LogP contribution is 2.33. The van der Waals surface area contributed by atoms with Crippen molar-refractivity contribution >= 4 is 33.0 Å². The monoisotopic (exact) mass is 336 g/mol. The van der Waals surface area contributed by atoms with Crippen LogP contribution in [0.3, 0.4) is 0 Å². The zero-order chi connectivity index (χ0) is 13.8. The first-order valence-electron chi connectivity index (χ1n) is 6.48. The van der Waals surface area contributed by atoms with Gasteiger partial charge in [-0.15, -0.1) is 11.3 Å². The number of carbonyl (C=O) groups excluding carboxylic acids is 1. The lowest BCUT2D eigenvalue weighted by molar-refractivity contribution is 0.0936. The van der Waals surface area contributed by atoms with Gasteiger partial charge in [-0.2, -0.15) is 0 Å². The number of carbonyl (C=O) groups is 1. The third-order valence-electron chi connectivity index (χ3n) is 3.47. The molecule has 0 aliphatic rings. The zero-order valence-corrected chi connectivity index (χ0v) is 13.5. The van der Waals surface area contributed by atoms with E-state index in [1.165, 1.54) is 11.3 Å². The summed E-state index contributed by atoms with van der Waals surface area (Å²) in [5.74, 6) is 0.531. The van der Waals surface area contributed by atoms with E-state index in [1.807, 2.05) is 30.3 Å². The molecule has 2 atom stereocenters. The van der Waals surface area contributed by atoms with Gasteiger partial charge in [0.25, 0.3) is 0 Å². The number of rotatable bonds is 5. The second-order valence-corrected chi connectivity index (χ2v) is 7.20. The fraction of sp³-hybridized carbons (Fsp3) is 0.312. The molecule has 1 aromatic carbocycles. The van der Waals surface area contributed by atoms with Crippen LogP contribution in [-0.2, 0) is 0 Å². The Labute approximate surface area is 126 Å². The Bertz CT molecular complexity index is 547. The summed E-state index contributed by atoms with van der Waals surface area (Å²) in [6.45, 7) is 4.29. The second kappa shape index (κ2) is 6.49. The Morgan fingerprint density at radius 2 is 1.89 bits per heavy atom. The molecule has 0 aliphatic heterocycles. The molecule has 2 aromatic rings. The Balaban J connectivity index is 2.36. The van der Waals surface area contributed by atoms with E-state index < -0.39 is 0 Å². The van der Waals surface area contributed by atoms with Gasteiger partial charge in [0.1, 0.15) is 0 Å². The van der Waals surface area contributed by atoms with E-state index in [-0.39, 0.29) is 11.7 Å². The van der Waals surface area contributed by atoms with Crippen LogP contribution in [0.25, 0.3) is 0 Å². The van der Waals surface area contributed by atoms with Crippen molar-refractivity contribution in [2.75, 3.05) is 0 Å². The maximum Gasteiger partial charge on any atom is 0.180 e. The number of ketones is 1. The Morgan fingerprint density at radius 3 is 2.42 bits per heavy atom. The molecule has 0 amide bonds. The average molecular weight is 337 g/mol. The summed E-state index contributed by atoms with van der Waals surface area (Å²) in [4.78, 5) is 13.6. The third-order valence-corrected chi connectivity index (χ3v) is 5.11. The molecule has 2 unspecified atom stereocenters. The molecule has 1 heterocycles. The van der Waals surface area contributed by atoms with Crippen molar-refractivity contribution in [2.45, 2.75) is 26.2 Å². The molecule has 3 heteroatoms. The molecule has 19 heavy (non-hydrogen) atoms. The Morgan fingerprint density at radius 1 is 1.21 bits per heavy atom. The molecule has 2 rings (SSSR count). The van der Waals surface area contributed by atoms with Crippen molar-refractivity contribution < 1.29 is 4.79 Å². The highest BCUT2D eigenvalue weighted by atomic mass is 79.9. The summed E-state index contributed by atoms with van der Waals surface area (Å²) in [6, 6.07) is 14.0. The first-order chi connectivity index (χ1) is 9.13. The van der Waals surface area contributed by atoms with Crippen LogP contribution < -0.4 is 0 Å². The Hall–Kier alpha value is -0.930. The molecule has 0 fully saturated rings. The smallest absolute Gasteiger partial charge is 0.180 e. The predicted molar refractivity (Wildman–Crippen MR) is 85.0 cm³/mol. The van der Waals surface area contributed by atoms with Crippen LogP contribution in [-0.4, -0.2) is 5.78 Å². The minimum absolute atomic E-state index is 0.0447. The maximum absolute atomic E-state index is 12.7. The van der Waals surface area contributed by atoms with Crippen LogP contribution in [0.1, 0.15) is 41.4 Å². The SMILES string of the molecule is CCC(C)C(C(=O)c1ccc(Br)s1)c1ccccc1. The van der Waals surface area contributed by atoms with Crippen LogP contribution in [0.4, 0.5) is 0 Å². The van der Waals surface area contributed by atoms with E-state index in [1.54, 1.807) is 0 Å². The first-order valence-corrected chi connectivity index (χ1v) is 8.09. The van der Waals surface area contributed by atoms with Gasteiger partial charge in [0.2, 0.25) is 0 Å². The summed E-state index contributed by atoms with van der Waals surface area (Å²) >= 11 is 4.94. The van der Waals surface area contributed by atoms with Crippen molar-refractivity contribution in [3.8, 4) is 0 Å². The molecule has 0 aliphatic carbocycles. The van der Waals surface area contributed by atoms with Crippen LogP contribution in [0.15, 0.2) is 46.3 Å². The standard InChI is InChI=1S/C16H17BrOS/c1-3-11(2)15(12-7-5-4-6-8-12)16(18)13-9-10-14(17)19-13/h4-11,15H,3H2,1-2H3. The Kier molecular flexibility index (Phi) is 4.94. The molecular weight excluding hydrogens is 320 g/mol. The van der Waals surface area contributed by atoms with Crippen molar-refractivity contribution in [1.82, 2.24) is 0 Å². The number of halogens is 1. The second-order valence-electron chi connectivity index (χ2n) is 4.74. The fourth-order valence-electron chi connectivity index (χ4n) is 2.23. The minimum Gasteiger partial charge on any atom is -0.293 e. The summed E-state index contributed by atoms with van der Waals surface area (Å²) in [6.07, 6.45) is 0.998. The number of hydrogen-bond donors (Lipinski definition) is 0. The summed E-state index contributed by atoms with van der Waals surface area (Å²) in [5.41, 5.74) is 1.12. The van der Waals surface area contributed by atoms with E-state index in [0.717, 1.165) is 20.6 Å². The highest BCUT2D eigenvalue weighted by molar-refractivity contribution is 9.11. The molecule has 100 valence electrons. The molecular formula is C16H17BrOS. The molecule has 0 saturated carbocycles. The fourth-order valence-corrected chi connectivity index (χ4v) is 3.60. The first kappa shape index (κ1) is 14.5. The van der Waals surface area contributed by atoms with Gasteiger partial charge in [0.05, 0.1) is 14.6 Å². The van der Waals surface area contributed by atoms with Gasteiger partial charge in [-0.05, 0) is 39.5 Å². The van der Waals surface area contributed by atoms with Crippen LogP contribution in [0.5, 0.6) is 0 Å². The number of benzene rings is 1. The topological polar surface area (TPSA) is 17.1 Å². The van der Waals surface area contributed by atoms with Gasteiger partial charge in [-0.1, -0.05) is 50.6 Å². The van der Waals surface area contributed by atoms with E-state index >= 15 is 0 Å². The van der Waals surface area contributed by atoms with Crippen LogP contribution in [0.2, 0.25) is 0 Å². The largest absolute Gasteiger partial charge is 0.293 e. The molecule has 0 spiro atoms. The number of Topliss-reactive ketones (excluding diaryl/α,β-unsaturated/α-hetero) is 1. The third kappa shape index (κ3) is 3.34. The van der Waals surface area contributed by atoms with E-state index in [0.29, 0.717) is 5.92 Å². The predicted octanol–water partition coefficient (Wildman–Crippen LogP) is 5.52. The minimum atomic E-state index is -0.0447. The van der Waals surface area contributed by atoms with E-state index in [4.69, 9.17) is 0 Å². The zero-order valence-electron chi connectivity index (χ0n) is 11.1. The maximum atomic E-state index is 12.7. The van der Waals surface area contributed by atoms with E-state index in [2.05, 4.69) is 41.9 Å². The van der Waals surface area contributed by atoms with Gasteiger partial charge in [0.15, 0.2) is 5.78 Å². The lowest BCUT2D eigenvalue weighted by Crippen LogP contribution is -2.19. The summed E-state index contributed by atoms with van der Waals surface area (Å²) in [5, 5.41) is 0. The van der Waals surface area contributed by atoms with Gasteiger partial charge < -0.3 is 0 Å². The molecule has 0 radical (unpaired) electrons. The van der Waals surface area contributed by atoms with Gasteiger partial charge in [-0.25, -0.2) is 0 Å². The van der Waals surface area contributed by atoms with Crippen molar-refractivity contribution in [3.05, 3.63) is 56.7 Å². The lowest BCUT2D eigenvalue weighted by atomic mass is 9.82. The highest BCUT2D eigenvalue weighted by Gasteiger charge is 2.27. The molecule has 0 N–H and O–H groups in total. The molecule has 0 saturated heterocycles. The molecule has 1 nitrogen and oxygen atoms in total. The number of thiophene rings is 1. The van der Waals surface area contributed by atoms with Crippen LogP contribution in [0, 0.1) is 5.92 Å². The van der Waals surface area contributed by atoms with E-state index in [9.17, 15) is 4.79 Å². The summed E-state index contributed by atoms with van der Waals surface area (Å²) in [7, 11) is 0. The molecule has 0 bridgehead atoms. The van der Waals surface area contributed by atoms with Crippen molar-refractivity contribution in [3.63, 3.8) is 0 Å².